The summed E-state index contributed by atoms with van der Waals surface area (Å²) >= 11 is 1.34. The molecule has 1 saturated heterocycles. The highest BCUT2D eigenvalue weighted by molar-refractivity contribution is 7.17. The highest BCUT2D eigenvalue weighted by Gasteiger charge is 2.34. The van der Waals surface area contributed by atoms with E-state index in [-0.39, 0.29) is 29.5 Å². The molecule has 0 aliphatic carbocycles. The Bertz CT molecular complexity index is 1080. The molecule has 0 spiro atoms. The number of carbonyl (C=O) groups excluding carboxylic acids is 1. The number of esters is 1. The molecule has 1 aromatic carbocycles. The number of non-ortho nitro benzene ring substituents is 1. The fraction of sp³-hybridized carbons (Fsp3) is 0.421. The van der Waals surface area contributed by atoms with E-state index in [0.29, 0.717) is 41.6 Å². The monoisotopic (exact) mass is 431 g/mol. The minimum Gasteiger partial charge on any atom is -0.492 e. The van der Waals surface area contributed by atoms with Gasteiger partial charge in [-0.25, -0.2) is 4.98 Å². The van der Waals surface area contributed by atoms with Gasteiger partial charge in [0.05, 0.1) is 28.9 Å². The Morgan fingerprint density at radius 2 is 2.00 bits per heavy atom. The topological polar surface area (TPSA) is 123 Å². The molecule has 0 amide bonds. The highest BCUT2D eigenvalue weighted by atomic mass is 32.1. The number of carbonyl (C=O) groups is 1. The van der Waals surface area contributed by atoms with E-state index in [0.717, 1.165) is 5.56 Å². The summed E-state index contributed by atoms with van der Waals surface area (Å²) in [5.41, 5.74) is 0.818. The third kappa shape index (κ3) is 3.61. The molecule has 158 valence electrons. The number of aromatic nitrogens is 3. The second-order valence-corrected chi connectivity index (χ2v) is 8.24. The molecule has 2 aromatic heterocycles. The van der Waals surface area contributed by atoms with E-state index in [1.54, 1.807) is 19.1 Å². The first-order chi connectivity index (χ1) is 14.4. The first kappa shape index (κ1) is 20.2. The van der Waals surface area contributed by atoms with E-state index < -0.39 is 4.92 Å². The Kier molecular flexibility index (Phi) is 5.39. The molecular weight excluding hydrogens is 410 g/mol. The van der Waals surface area contributed by atoms with Crippen molar-refractivity contribution in [1.82, 2.24) is 19.5 Å². The number of methoxy groups -OCH3 is 1. The summed E-state index contributed by atoms with van der Waals surface area (Å²) in [5.74, 6) is 0.212. The zero-order valence-electron chi connectivity index (χ0n) is 16.5. The van der Waals surface area contributed by atoms with Crippen LogP contribution in [0.5, 0.6) is 5.88 Å². The second-order valence-electron chi connectivity index (χ2n) is 7.23. The van der Waals surface area contributed by atoms with Crippen molar-refractivity contribution < 1.29 is 19.6 Å². The fourth-order valence-corrected chi connectivity index (χ4v) is 5.06. The number of nitro benzene ring substituents is 1. The lowest BCUT2D eigenvalue weighted by atomic mass is 9.93. The Hall–Kier alpha value is -3.05. The number of thiazole rings is 1. The van der Waals surface area contributed by atoms with Gasteiger partial charge in [0.2, 0.25) is 10.8 Å². The summed E-state index contributed by atoms with van der Waals surface area (Å²) < 4.78 is 6.28. The molecule has 11 heteroatoms. The standard InChI is InChI=1S/C19H21N5O5S/c1-11-20-19-23(21-11)17(25)16(30-19)15(12-3-5-14(6-4-12)24(27)28)22-9-7-13(8-10-22)18(26)29-2/h3-6,13,15,25H,7-10H2,1-2H3. The number of hydrogen-bond acceptors (Lipinski definition) is 9. The molecule has 30 heavy (non-hydrogen) atoms. The Morgan fingerprint density at radius 3 is 2.57 bits per heavy atom. The number of likely N-dealkylation sites (tertiary alicyclic amines) is 1. The predicted octanol–water partition coefficient (Wildman–Crippen LogP) is 2.69. The minimum atomic E-state index is -0.440. The number of aromatic hydroxyl groups is 1. The molecule has 3 aromatic rings. The largest absolute Gasteiger partial charge is 0.492 e. The van der Waals surface area contributed by atoms with Crippen molar-refractivity contribution in [2.75, 3.05) is 20.2 Å². The molecule has 10 nitrogen and oxygen atoms in total. The van der Waals surface area contributed by atoms with Crippen LogP contribution in [0.2, 0.25) is 0 Å². The van der Waals surface area contributed by atoms with Gasteiger partial charge >= 0.3 is 5.97 Å². The molecule has 1 aliphatic heterocycles. The first-order valence-corrected chi connectivity index (χ1v) is 10.3. The molecule has 1 aliphatic rings. The number of nitrogens with zero attached hydrogens (tertiary/aromatic N) is 5. The summed E-state index contributed by atoms with van der Waals surface area (Å²) in [6.07, 6.45) is 1.27. The van der Waals surface area contributed by atoms with Gasteiger partial charge in [0, 0.05) is 12.1 Å². The van der Waals surface area contributed by atoms with Crippen molar-refractivity contribution >= 4 is 28.0 Å². The SMILES string of the molecule is COC(=O)C1CCN(C(c2ccc([N+](=O)[O-])cc2)c2sc3nc(C)nn3c2O)CC1. The van der Waals surface area contributed by atoms with Crippen LogP contribution in [0, 0.1) is 23.0 Å². The van der Waals surface area contributed by atoms with Gasteiger partial charge in [-0.3, -0.25) is 19.8 Å². The average molecular weight is 431 g/mol. The molecular formula is C19H21N5O5S. The van der Waals surface area contributed by atoms with E-state index in [4.69, 9.17) is 4.74 Å². The van der Waals surface area contributed by atoms with Gasteiger partial charge in [0.25, 0.3) is 5.69 Å². The summed E-state index contributed by atoms with van der Waals surface area (Å²) in [4.78, 5) is 30.2. The number of fused-ring (bicyclic) bond motifs is 1. The van der Waals surface area contributed by atoms with Crippen molar-refractivity contribution in [3.8, 4) is 5.88 Å². The number of hydrogen-bond donors (Lipinski definition) is 1. The fourth-order valence-electron chi connectivity index (χ4n) is 3.89. The smallest absolute Gasteiger partial charge is 0.308 e. The van der Waals surface area contributed by atoms with E-state index in [2.05, 4.69) is 15.0 Å². The van der Waals surface area contributed by atoms with Crippen LogP contribution in [0.4, 0.5) is 5.69 Å². The van der Waals surface area contributed by atoms with Crippen LogP contribution in [0.3, 0.4) is 0 Å². The Morgan fingerprint density at radius 1 is 1.33 bits per heavy atom. The number of nitro groups is 1. The molecule has 4 rings (SSSR count). The quantitative estimate of drug-likeness (QED) is 0.372. The number of ether oxygens (including phenoxy) is 1. The highest BCUT2D eigenvalue weighted by Crippen LogP contribution is 2.41. The Balaban J connectivity index is 1.71. The molecule has 0 bridgehead atoms. The van der Waals surface area contributed by atoms with Crippen molar-refractivity contribution in [3.63, 3.8) is 0 Å². The second kappa shape index (κ2) is 8.00. The number of benzene rings is 1. The normalized spacial score (nSPS) is 16.6. The molecule has 3 heterocycles. The van der Waals surface area contributed by atoms with Gasteiger partial charge in [-0.05, 0) is 38.4 Å². The van der Waals surface area contributed by atoms with E-state index in [1.807, 2.05) is 0 Å². The summed E-state index contributed by atoms with van der Waals surface area (Å²) in [5, 5.41) is 26.1. The molecule has 1 N–H and O–H groups in total. The van der Waals surface area contributed by atoms with E-state index >= 15 is 0 Å². The summed E-state index contributed by atoms with van der Waals surface area (Å²) in [7, 11) is 1.39. The van der Waals surface area contributed by atoms with Crippen LogP contribution in [-0.2, 0) is 9.53 Å². The summed E-state index contributed by atoms with van der Waals surface area (Å²) in [6.45, 7) is 2.99. The van der Waals surface area contributed by atoms with Crippen LogP contribution in [-0.4, -0.2) is 55.7 Å². The maximum absolute atomic E-state index is 11.9. The van der Waals surface area contributed by atoms with Crippen molar-refractivity contribution in [1.29, 1.82) is 0 Å². The molecule has 1 atom stereocenters. The third-order valence-corrected chi connectivity index (χ3v) is 6.48. The Labute approximate surface area is 175 Å². The van der Waals surface area contributed by atoms with Crippen LogP contribution in [0.1, 0.15) is 35.1 Å². The number of aryl methyl sites for hydroxylation is 1. The molecule has 1 unspecified atom stereocenters. The van der Waals surface area contributed by atoms with Crippen LogP contribution < -0.4 is 0 Å². The maximum Gasteiger partial charge on any atom is 0.308 e. The predicted molar refractivity (Wildman–Crippen MR) is 109 cm³/mol. The van der Waals surface area contributed by atoms with Gasteiger partial charge in [-0.2, -0.15) is 4.52 Å². The van der Waals surface area contributed by atoms with Crippen LogP contribution in [0.25, 0.3) is 4.96 Å². The molecule has 1 fully saturated rings. The third-order valence-electron chi connectivity index (χ3n) is 5.40. The van der Waals surface area contributed by atoms with Crippen molar-refractivity contribution in [2.45, 2.75) is 25.8 Å². The van der Waals surface area contributed by atoms with Crippen molar-refractivity contribution in [3.05, 3.63) is 50.6 Å². The average Bonchev–Trinajstić information content (AvgIpc) is 3.25. The van der Waals surface area contributed by atoms with Gasteiger partial charge in [-0.1, -0.05) is 23.5 Å². The van der Waals surface area contributed by atoms with E-state index in [9.17, 15) is 20.0 Å². The van der Waals surface area contributed by atoms with Crippen molar-refractivity contribution in [2.24, 2.45) is 5.92 Å². The first-order valence-electron chi connectivity index (χ1n) is 9.50. The maximum atomic E-state index is 11.9. The zero-order valence-corrected chi connectivity index (χ0v) is 17.3. The molecule has 0 saturated carbocycles. The van der Waals surface area contributed by atoms with Gasteiger partial charge in [-0.15, -0.1) is 5.10 Å². The molecule has 0 radical (unpaired) electrons. The summed E-state index contributed by atoms with van der Waals surface area (Å²) in [6, 6.07) is 5.99. The lowest BCUT2D eigenvalue weighted by Gasteiger charge is -2.36. The van der Waals surface area contributed by atoms with Crippen LogP contribution in [0.15, 0.2) is 24.3 Å². The van der Waals surface area contributed by atoms with Gasteiger partial charge < -0.3 is 9.84 Å². The van der Waals surface area contributed by atoms with Gasteiger partial charge in [0.15, 0.2) is 0 Å². The van der Waals surface area contributed by atoms with E-state index in [1.165, 1.54) is 35.1 Å². The van der Waals surface area contributed by atoms with Crippen LogP contribution >= 0.6 is 11.3 Å². The number of piperidine rings is 1. The lowest BCUT2D eigenvalue weighted by molar-refractivity contribution is -0.384. The minimum absolute atomic E-state index is 0.00407. The van der Waals surface area contributed by atoms with Gasteiger partial charge in [0.1, 0.15) is 5.82 Å². The number of rotatable bonds is 5. The lowest BCUT2D eigenvalue weighted by Crippen LogP contribution is -2.39. The zero-order chi connectivity index (χ0) is 21.4.